The summed E-state index contributed by atoms with van der Waals surface area (Å²) in [6, 6.07) is 9.84. The number of esters is 1. The summed E-state index contributed by atoms with van der Waals surface area (Å²) in [5, 5.41) is 2.88. The van der Waals surface area contributed by atoms with E-state index in [2.05, 4.69) is 5.32 Å². The quantitative estimate of drug-likeness (QED) is 0.832. The van der Waals surface area contributed by atoms with Gasteiger partial charge in [-0.3, -0.25) is 4.79 Å². The Hall–Kier alpha value is -2.21. The molecule has 0 bridgehead atoms. The van der Waals surface area contributed by atoms with Crippen molar-refractivity contribution >= 4 is 23.2 Å². The van der Waals surface area contributed by atoms with Crippen molar-refractivity contribution in [2.24, 2.45) is 0 Å². The van der Waals surface area contributed by atoms with Gasteiger partial charge in [0.25, 0.3) is 5.91 Å². The van der Waals surface area contributed by atoms with Gasteiger partial charge >= 0.3 is 5.97 Å². The van der Waals surface area contributed by atoms with Crippen molar-refractivity contribution in [3.63, 3.8) is 0 Å². The predicted molar refractivity (Wildman–Crippen MR) is 95.0 cm³/mol. The monoisotopic (exact) mass is 361 g/mol. The van der Waals surface area contributed by atoms with Crippen molar-refractivity contribution in [3.05, 3.63) is 47.1 Å². The van der Waals surface area contributed by atoms with Crippen LogP contribution < -0.4 is 5.32 Å². The van der Waals surface area contributed by atoms with Crippen molar-refractivity contribution in [1.82, 2.24) is 5.32 Å². The molecule has 25 heavy (non-hydrogen) atoms. The van der Waals surface area contributed by atoms with Gasteiger partial charge in [-0.25, -0.2) is 9.18 Å². The molecule has 1 N–H and O–H groups in total. The molecule has 0 radical (unpaired) electrons. The van der Waals surface area contributed by atoms with Gasteiger partial charge in [-0.2, -0.15) is 0 Å². The molecule has 0 unspecified atom stereocenters. The van der Waals surface area contributed by atoms with Gasteiger partial charge in [0.05, 0.1) is 12.0 Å². The first-order valence-corrected chi connectivity index (χ1v) is 9.13. The van der Waals surface area contributed by atoms with Crippen LogP contribution in [0.15, 0.2) is 36.4 Å². The number of halogens is 1. The summed E-state index contributed by atoms with van der Waals surface area (Å²) in [4.78, 5) is 26.0. The van der Waals surface area contributed by atoms with E-state index in [4.69, 9.17) is 4.74 Å². The highest BCUT2D eigenvalue weighted by Crippen LogP contribution is 2.32. The normalized spacial score (nSPS) is 16.2. The number of amides is 1. The molecule has 1 aromatic heterocycles. The van der Waals surface area contributed by atoms with Gasteiger partial charge in [-0.15, -0.1) is 11.3 Å². The minimum absolute atomic E-state index is 0.320. The number of hydrogen-bond acceptors (Lipinski definition) is 4. The Morgan fingerprint density at radius 3 is 2.52 bits per heavy atom. The molecular formula is C19H20FNO3S. The zero-order valence-electron chi connectivity index (χ0n) is 14.0. The standard InChI is InChI=1S/C19H20FNO3S/c1-24-18(23)19(11-5-2-6-12-19)21-17(22)16-10-9-15(25-16)13-7-3-4-8-14(13)20/h3-4,7-10H,2,5-6,11-12H2,1H3,(H,21,22). The van der Waals surface area contributed by atoms with Gasteiger partial charge in [-0.1, -0.05) is 37.5 Å². The van der Waals surface area contributed by atoms with Crippen molar-refractivity contribution in [1.29, 1.82) is 0 Å². The Labute approximate surface area is 150 Å². The Morgan fingerprint density at radius 2 is 1.84 bits per heavy atom. The summed E-state index contributed by atoms with van der Waals surface area (Å²) in [6.45, 7) is 0. The Morgan fingerprint density at radius 1 is 1.12 bits per heavy atom. The molecule has 1 aliphatic rings. The van der Waals surface area contributed by atoms with Crippen LogP contribution in [0.5, 0.6) is 0 Å². The number of thiophene rings is 1. The molecule has 0 aliphatic heterocycles. The number of carbonyl (C=O) groups is 2. The SMILES string of the molecule is COC(=O)C1(NC(=O)c2ccc(-c3ccccc3F)s2)CCCCC1. The summed E-state index contributed by atoms with van der Waals surface area (Å²) in [6.07, 6.45) is 3.96. The largest absolute Gasteiger partial charge is 0.467 e. The molecule has 1 amide bonds. The van der Waals surface area contributed by atoms with Gasteiger partial charge in [0.15, 0.2) is 0 Å². The molecule has 1 aromatic carbocycles. The fourth-order valence-corrected chi connectivity index (χ4v) is 4.20. The number of rotatable bonds is 4. The van der Waals surface area contributed by atoms with E-state index in [-0.39, 0.29) is 11.7 Å². The highest BCUT2D eigenvalue weighted by atomic mass is 32.1. The fourth-order valence-electron chi connectivity index (χ4n) is 3.28. The van der Waals surface area contributed by atoms with Crippen molar-refractivity contribution in [3.8, 4) is 10.4 Å². The number of methoxy groups -OCH3 is 1. The predicted octanol–water partition coefficient (Wildman–Crippen LogP) is 4.16. The van der Waals surface area contributed by atoms with Gasteiger partial charge in [0.2, 0.25) is 0 Å². The third-order valence-corrected chi connectivity index (χ3v) is 5.72. The highest BCUT2D eigenvalue weighted by Gasteiger charge is 2.42. The molecule has 4 nitrogen and oxygen atoms in total. The third-order valence-electron chi connectivity index (χ3n) is 4.61. The molecular weight excluding hydrogens is 341 g/mol. The number of ether oxygens (including phenoxy) is 1. The van der Waals surface area contributed by atoms with Crippen LogP contribution in [0.1, 0.15) is 41.8 Å². The second-order valence-corrected chi connectivity index (χ2v) is 7.32. The van der Waals surface area contributed by atoms with Crippen LogP contribution in [-0.2, 0) is 9.53 Å². The molecule has 1 aliphatic carbocycles. The Bertz CT molecular complexity index is 780. The average Bonchev–Trinajstić information content (AvgIpc) is 3.12. The van der Waals surface area contributed by atoms with Crippen molar-refractivity contribution < 1.29 is 18.7 Å². The van der Waals surface area contributed by atoms with Crippen molar-refractivity contribution in [2.75, 3.05) is 7.11 Å². The average molecular weight is 361 g/mol. The maximum Gasteiger partial charge on any atom is 0.331 e. The van der Waals surface area contributed by atoms with Crippen LogP contribution in [0.3, 0.4) is 0 Å². The summed E-state index contributed by atoms with van der Waals surface area (Å²) in [5.41, 5.74) is -0.487. The van der Waals surface area contributed by atoms with Crippen LogP contribution in [0.25, 0.3) is 10.4 Å². The maximum absolute atomic E-state index is 13.9. The second-order valence-electron chi connectivity index (χ2n) is 6.23. The zero-order valence-corrected chi connectivity index (χ0v) is 14.8. The molecule has 3 rings (SSSR count). The molecule has 1 saturated carbocycles. The lowest BCUT2D eigenvalue weighted by Gasteiger charge is -2.35. The molecule has 2 aromatic rings. The second kappa shape index (κ2) is 7.35. The molecule has 0 saturated heterocycles. The lowest BCUT2D eigenvalue weighted by molar-refractivity contribution is -0.149. The van der Waals surface area contributed by atoms with Gasteiger partial charge < -0.3 is 10.1 Å². The van der Waals surface area contributed by atoms with Gasteiger partial charge in [0, 0.05) is 10.4 Å². The first-order chi connectivity index (χ1) is 12.1. The van der Waals surface area contributed by atoms with E-state index in [0.717, 1.165) is 19.3 Å². The molecule has 6 heteroatoms. The lowest BCUT2D eigenvalue weighted by Crippen LogP contribution is -2.56. The van der Waals surface area contributed by atoms with E-state index < -0.39 is 11.5 Å². The van der Waals surface area contributed by atoms with E-state index >= 15 is 0 Å². The first-order valence-electron chi connectivity index (χ1n) is 8.31. The van der Waals surface area contributed by atoms with E-state index in [1.807, 2.05) is 0 Å². The van der Waals surface area contributed by atoms with E-state index in [1.54, 1.807) is 30.3 Å². The molecule has 0 spiro atoms. The Kier molecular flexibility index (Phi) is 5.18. The topological polar surface area (TPSA) is 55.4 Å². The summed E-state index contributed by atoms with van der Waals surface area (Å²) in [7, 11) is 1.34. The van der Waals surface area contributed by atoms with Crippen LogP contribution in [0.2, 0.25) is 0 Å². The summed E-state index contributed by atoms with van der Waals surface area (Å²) < 4.78 is 18.8. The maximum atomic E-state index is 13.9. The number of hydrogen-bond donors (Lipinski definition) is 1. The minimum Gasteiger partial charge on any atom is -0.467 e. The number of carbonyl (C=O) groups excluding carboxylic acids is 2. The first kappa shape index (κ1) is 17.6. The highest BCUT2D eigenvalue weighted by molar-refractivity contribution is 7.17. The number of nitrogens with one attached hydrogen (secondary N) is 1. The summed E-state index contributed by atoms with van der Waals surface area (Å²) >= 11 is 1.21. The van der Waals surface area contributed by atoms with Gasteiger partial charge in [-0.05, 0) is 31.0 Å². The van der Waals surface area contributed by atoms with E-state index in [0.29, 0.717) is 28.2 Å². The van der Waals surface area contributed by atoms with Crippen LogP contribution in [0.4, 0.5) is 4.39 Å². The van der Waals surface area contributed by atoms with E-state index in [9.17, 15) is 14.0 Å². The lowest BCUT2D eigenvalue weighted by atomic mass is 9.81. The molecule has 132 valence electrons. The fraction of sp³-hybridized carbons (Fsp3) is 0.368. The Balaban J connectivity index is 1.81. The smallest absolute Gasteiger partial charge is 0.331 e. The van der Waals surface area contributed by atoms with Crippen molar-refractivity contribution in [2.45, 2.75) is 37.6 Å². The van der Waals surface area contributed by atoms with Crippen LogP contribution in [-0.4, -0.2) is 24.5 Å². The minimum atomic E-state index is -0.952. The zero-order chi connectivity index (χ0) is 17.9. The molecule has 1 heterocycles. The van der Waals surface area contributed by atoms with E-state index in [1.165, 1.54) is 24.5 Å². The molecule has 1 fully saturated rings. The molecule has 0 atom stereocenters. The summed E-state index contributed by atoms with van der Waals surface area (Å²) in [5.74, 6) is -1.04. The third kappa shape index (κ3) is 3.58. The van der Waals surface area contributed by atoms with Crippen LogP contribution >= 0.6 is 11.3 Å². The number of benzene rings is 1. The van der Waals surface area contributed by atoms with Crippen LogP contribution in [0, 0.1) is 5.82 Å². The van der Waals surface area contributed by atoms with Gasteiger partial charge in [0.1, 0.15) is 11.4 Å².